The minimum Gasteiger partial charge on any atom is -0.478 e. The van der Waals surface area contributed by atoms with Crippen molar-refractivity contribution in [3.05, 3.63) is 41.9 Å². The highest BCUT2D eigenvalue weighted by Gasteiger charge is 2.29. The number of nitrogens with one attached hydrogen (secondary N) is 1. The van der Waals surface area contributed by atoms with Gasteiger partial charge in [0.25, 0.3) is 0 Å². The molecule has 0 saturated carbocycles. The van der Waals surface area contributed by atoms with E-state index in [0.29, 0.717) is 56.9 Å². The molecule has 1 N–H and O–H groups in total. The first kappa shape index (κ1) is 21.1. The third kappa shape index (κ3) is 5.45. The number of nitrogens with zero attached hydrogens (tertiary/aromatic N) is 5. The third-order valence-corrected chi connectivity index (χ3v) is 6.35. The lowest BCUT2D eigenvalue weighted by atomic mass is 10.2. The quantitative estimate of drug-likeness (QED) is 0.512. The second kappa shape index (κ2) is 9.70. The highest BCUT2D eigenvalue weighted by molar-refractivity contribution is 7.88. The van der Waals surface area contributed by atoms with E-state index in [1.54, 1.807) is 19.3 Å². The fourth-order valence-corrected chi connectivity index (χ4v) is 4.53. The number of hydrogen-bond donors (Lipinski definition) is 1. The Kier molecular flexibility index (Phi) is 7.04. The normalized spacial score (nSPS) is 16.1. The lowest BCUT2D eigenvalue weighted by Crippen LogP contribution is -2.53. The standard InChI is InChI=1S/C18H26N6O4S/c1-3-27-17-15(5-4-7-20-17)13-21-18(19-2)23-8-10-24(11-9-23)29(25,26)14-16-6-12-28-22-16/h4-7,12H,3,8-11,13-14H2,1-2H3,(H,19,21). The van der Waals surface area contributed by atoms with Crippen molar-refractivity contribution in [1.29, 1.82) is 0 Å². The number of rotatable bonds is 7. The van der Waals surface area contributed by atoms with Crippen molar-refractivity contribution in [3.63, 3.8) is 0 Å². The van der Waals surface area contributed by atoms with Crippen molar-refractivity contribution in [1.82, 2.24) is 24.7 Å². The molecule has 1 aliphatic heterocycles. The summed E-state index contributed by atoms with van der Waals surface area (Å²) in [6.07, 6.45) is 3.07. The summed E-state index contributed by atoms with van der Waals surface area (Å²) in [5, 5.41) is 7.00. The average molecular weight is 423 g/mol. The molecule has 2 aromatic rings. The van der Waals surface area contributed by atoms with Crippen LogP contribution in [-0.4, -0.2) is 73.6 Å². The van der Waals surface area contributed by atoms with Gasteiger partial charge >= 0.3 is 0 Å². The van der Waals surface area contributed by atoms with Gasteiger partial charge in [-0.05, 0) is 13.0 Å². The van der Waals surface area contributed by atoms with Crippen molar-refractivity contribution >= 4 is 16.0 Å². The summed E-state index contributed by atoms with van der Waals surface area (Å²) in [5.74, 6) is 1.16. The molecule has 11 heteroatoms. The molecular formula is C18H26N6O4S. The van der Waals surface area contributed by atoms with E-state index in [2.05, 4.69) is 20.4 Å². The van der Waals surface area contributed by atoms with Gasteiger partial charge in [0.2, 0.25) is 15.9 Å². The van der Waals surface area contributed by atoms with Crippen LogP contribution < -0.4 is 10.1 Å². The second-order valence-electron chi connectivity index (χ2n) is 6.43. The van der Waals surface area contributed by atoms with Gasteiger partial charge in [0, 0.05) is 57.6 Å². The summed E-state index contributed by atoms with van der Waals surface area (Å²) in [7, 11) is -1.72. The van der Waals surface area contributed by atoms with Gasteiger partial charge < -0.3 is 19.5 Å². The van der Waals surface area contributed by atoms with Gasteiger partial charge in [0.05, 0.1) is 12.3 Å². The van der Waals surface area contributed by atoms with E-state index in [4.69, 9.17) is 9.26 Å². The Hall–Kier alpha value is -2.66. The van der Waals surface area contributed by atoms with Gasteiger partial charge in [0.15, 0.2) is 5.96 Å². The monoisotopic (exact) mass is 422 g/mol. The van der Waals surface area contributed by atoms with Gasteiger partial charge in [0.1, 0.15) is 12.0 Å². The largest absolute Gasteiger partial charge is 0.478 e. The Labute approximate surface area is 170 Å². The molecular weight excluding hydrogens is 396 g/mol. The molecule has 0 amide bonds. The van der Waals surface area contributed by atoms with Crippen LogP contribution in [0.4, 0.5) is 0 Å². The van der Waals surface area contributed by atoms with Crippen molar-refractivity contribution in [2.24, 2.45) is 4.99 Å². The molecule has 10 nitrogen and oxygen atoms in total. The van der Waals surface area contributed by atoms with Gasteiger partial charge in [-0.2, -0.15) is 4.31 Å². The fourth-order valence-electron chi connectivity index (χ4n) is 3.10. The van der Waals surface area contributed by atoms with Crippen LogP contribution >= 0.6 is 0 Å². The maximum Gasteiger partial charge on any atom is 0.220 e. The molecule has 1 fully saturated rings. The molecule has 0 radical (unpaired) electrons. The molecule has 1 saturated heterocycles. The Balaban J connectivity index is 1.55. The SMILES string of the molecule is CCOc1ncccc1CNC(=NC)N1CCN(S(=O)(=O)Cc2ccon2)CC1. The number of hydrogen-bond acceptors (Lipinski definition) is 7. The predicted molar refractivity (Wildman–Crippen MR) is 108 cm³/mol. The summed E-state index contributed by atoms with van der Waals surface area (Å²) >= 11 is 0. The molecule has 3 heterocycles. The molecule has 0 unspecified atom stereocenters. The Bertz CT molecular complexity index is 908. The van der Waals surface area contributed by atoms with E-state index >= 15 is 0 Å². The van der Waals surface area contributed by atoms with Crippen LogP contribution in [0.5, 0.6) is 5.88 Å². The van der Waals surface area contributed by atoms with Crippen LogP contribution in [0.25, 0.3) is 0 Å². The smallest absolute Gasteiger partial charge is 0.220 e. The van der Waals surface area contributed by atoms with Crippen LogP contribution in [-0.2, 0) is 22.3 Å². The molecule has 29 heavy (non-hydrogen) atoms. The van der Waals surface area contributed by atoms with Crippen molar-refractivity contribution in [2.75, 3.05) is 39.8 Å². The minimum absolute atomic E-state index is 0.155. The van der Waals surface area contributed by atoms with E-state index < -0.39 is 10.0 Å². The second-order valence-corrected chi connectivity index (χ2v) is 8.40. The van der Waals surface area contributed by atoms with Crippen LogP contribution in [0, 0.1) is 0 Å². The molecule has 0 bridgehead atoms. The number of piperazine rings is 1. The number of guanidine groups is 1. The van der Waals surface area contributed by atoms with Gasteiger partial charge in [-0.25, -0.2) is 13.4 Å². The maximum atomic E-state index is 12.6. The van der Waals surface area contributed by atoms with E-state index in [-0.39, 0.29) is 5.75 Å². The molecule has 0 atom stereocenters. The lowest BCUT2D eigenvalue weighted by Gasteiger charge is -2.35. The van der Waals surface area contributed by atoms with Gasteiger partial charge in [-0.1, -0.05) is 11.2 Å². The van der Waals surface area contributed by atoms with Crippen LogP contribution in [0.2, 0.25) is 0 Å². The minimum atomic E-state index is -3.43. The zero-order chi connectivity index (χ0) is 20.7. The maximum absolute atomic E-state index is 12.6. The van der Waals surface area contributed by atoms with E-state index in [9.17, 15) is 8.42 Å². The summed E-state index contributed by atoms with van der Waals surface area (Å²) in [4.78, 5) is 10.6. The first-order valence-corrected chi connectivity index (χ1v) is 11.0. The Morgan fingerprint density at radius 2 is 2.10 bits per heavy atom. The molecule has 3 rings (SSSR count). The Morgan fingerprint density at radius 1 is 1.31 bits per heavy atom. The summed E-state index contributed by atoms with van der Waals surface area (Å²) in [6.45, 7) is 4.84. The Morgan fingerprint density at radius 3 is 2.76 bits per heavy atom. The number of aromatic nitrogens is 2. The van der Waals surface area contributed by atoms with Gasteiger partial charge in [-0.3, -0.25) is 4.99 Å². The van der Waals surface area contributed by atoms with Crippen LogP contribution in [0.1, 0.15) is 18.2 Å². The van der Waals surface area contributed by atoms with E-state index in [1.807, 2.05) is 24.0 Å². The molecule has 2 aromatic heterocycles. The lowest BCUT2D eigenvalue weighted by molar-refractivity contribution is 0.259. The zero-order valence-corrected chi connectivity index (χ0v) is 17.4. The summed E-state index contributed by atoms with van der Waals surface area (Å²) in [6, 6.07) is 5.38. The van der Waals surface area contributed by atoms with Gasteiger partial charge in [-0.15, -0.1) is 0 Å². The van der Waals surface area contributed by atoms with Crippen LogP contribution in [0.3, 0.4) is 0 Å². The topological polar surface area (TPSA) is 113 Å². The molecule has 1 aliphatic rings. The average Bonchev–Trinajstić information content (AvgIpc) is 3.22. The molecule has 158 valence electrons. The number of sulfonamides is 1. The molecule has 0 spiro atoms. The van der Waals surface area contributed by atoms with Crippen molar-refractivity contribution < 1.29 is 17.7 Å². The highest BCUT2D eigenvalue weighted by Crippen LogP contribution is 2.15. The third-order valence-electron chi connectivity index (χ3n) is 4.53. The van der Waals surface area contributed by atoms with Crippen LogP contribution in [0.15, 0.2) is 40.2 Å². The van der Waals surface area contributed by atoms with Crippen molar-refractivity contribution in [3.8, 4) is 5.88 Å². The molecule has 0 aliphatic carbocycles. The van der Waals surface area contributed by atoms with Crippen molar-refractivity contribution in [2.45, 2.75) is 19.2 Å². The summed E-state index contributed by atoms with van der Waals surface area (Å²) < 4.78 is 36.9. The first-order chi connectivity index (χ1) is 14.0. The van der Waals surface area contributed by atoms with E-state index in [0.717, 1.165) is 5.56 Å². The number of aliphatic imine (C=N–C) groups is 1. The fraction of sp³-hybridized carbons (Fsp3) is 0.500. The number of ether oxygens (including phenoxy) is 1. The number of pyridine rings is 1. The summed E-state index contributed by atoms with van der Waals surface area (Å²) in [5.41, 5.74) is 1.34. The zero-order valence-electron chi connectivity index (χ0n) is 16.6. The molecule has 0 aromatic carbocycles. The first-order valence-electron chi connectivity index (χ1n) is 9.43. The highest BCUT2D eigenvalue weighted by atomic mass is 32.2. The van der Waals surface area contributed by atoms with E-state index in [1.165, 1.54) is 10.6 Å². The predicted octanol–water partition coefficient (Wildman–Crippen LogP) is 0.691.